The van der Waals surface area contributed by atoms with E-state index in [2.05, 4.69) is 10.6 Å². The van der Waals surface area contributed by atoms with Gasteiger partial charge in [-0.2, -0.15) is 0 Å². The maximum absolute atomic E-state index is 12.0. The van der Waals surface area contributed by atoms with Gasteiger partial charge in [-0.25, -0.2) is 4.79 Å². The number of rotatable bonds is 8. The van der Waals surface area contributed by atoms with Crippen LogP contribution in [0.15, 0.2) is 48.5 Å². The van der Waals surface area contributed by atoms with Gasteiger partial charge in [0.05, 0.1) is 11.5 Å². The quantitative estimate of drug-likeness (QED) is 0.407. The van der Waals surface area contributed by atoms with E-state index in [1.165, 1.54) is 18.2 Å². The van der Waals surface area contributed by atoms with Crippen LogP contribution in [0.4, 0.5) is 11.4 Å². The van der Waals surface area contributed by atoms with Gasteiger partial charge in [0.25, 0.3) is 11.6 Å². The summed E-state index contributed by atoms with van der Waals surface area (Å²) in [7, 11) is 0. The Kier molecular flexibility index (Phi) is 7.21. The Morgan fingerprint density at radius 3 is 2.43 bits per heavy atom. The topological polar surface area (TPSA) is 128 Å². The van der Waals surface area contributed by atoms with Gasteiger partial charge in [0.15, 0.2) is 6.61 Å². The second kappa shape index (κ2) is 9.81. The van der Waals surface area contributed by atoms with Crippen molar-refractivity contribution in [3.8, 4) is 0 Å². The summed E-state index contributed by atoms with van der Waals surface area (Å²) in [4.78, 5) is 45.9. The Hall–Kier alpha value is -3.75. The Labute approximate surface area is 160 Å². The predicted molar refractivity (Wildman–Crippen MR) is 101 cm³/mol. The lowest BCUT2D eigenvalue weighted by Gasteiger charge is -2.10. The summed E-state index contributed by atoms with van der Waals surface area (Å²) >= 11 is 0. The van der Waals surface area contributed by atoms with E-state index < -0.39 is 35.0 Å². The van der Waals surface area contributed by atoms with E-state index in [-0.39, 0.29) is 12.1 Å². The number of nitrogens with zero attached hydrogens (tertiary/aromatic N) is 1. The molecular formula is C19H19N3O6. The molecule has 146 valence electrons. The number of carbonyl (C=O) groups is 3. The van der Waals surface area contributed by atoms with E-state index in [9.17, 15) is 24.5 Å². The van der Waals surface area contributed by atoms with Crippen LogP contribution < -0.4 is 10.6 Å². The van der Waals surface area contributed by atoms with Gasteiger partial charge in [0.2, 0.25) is 5.91 Å². The Morgan fingerprint density at radius 2 is 1.71 bits per heavy atom. The van der Waals surface area contributed by atoms with Crippen molar-refractivity contribution in [2.45, 2.75) is 13.3 Å². The molecule has 0 aromatic heterocycles. The summed E-state index contributed by atoms with van der Waals surface area (Å²) in [5.41, 5.74) is 0.948. The first-order chi connectivity index (χ1) is 13.4. The molecule has 0 heterocycles. The highest BCUT2D eigenvalue weighted by atomic mass is 16.6. The summed E-state index contributed by atoms with van der Waals surface area (Å²) in [5.74, 6) is -2.13. The molecule has 0 aliphatic heterocycles. The van der Waals surface area contributed by atoms with E-state index >= 15 is 0 Å². The summed E-state index contributed by atoms with van der Waals surface area (Å²) in [6.07, 6.45) is 0.740. The van der Waals surface area contributed by atoms with Crippen LogP contribution in [0.5, 0.6) is 0 Å². The Morgan fingerprint density at radius 1 is 1.04 bits per heavy atom. The number of aryl methyl sites for hydroxylation is 1. The molecule has 2 aromatic rings. The lowest BCUT2D eigenvalue weighted by Crippen LogP contribution is -2.35. The predicted octanol–water partition coefficient (Wildman–Crippen LogP) is 2.07. The fraction of sp³-hybridized carbons (Fsp3) is 0.211. The number of nitro benzene ring substituents is 1. The van der Waals surface area contributed by atoms with Gasteiger partial charge in [-0.3, -0.25) is 19.7 Å². The first kappa shape index (κ1) is 20.6. The molecule has 0 atom stereocenters. The van der Waals surface area contributed by atoms with Gasteiger partial charge in [0.1, 0.15) is 5.56 Å². The number of hydrogen-bond acceptors (Lipinski definition) is 6. The fourth-order valence-corrected chi connectivity index (χ4v) is 2.39. The number of amides is 2. The van der Waals surface area contributed by atoms with Crippen LogP contribution in [0.1, 0.15) is 22.8 Å². The molecule has 0 aliphatic rings. The number of nitrogens with one attached hydrogen (secondary N) is 2. The third-order valence-electron chi connectivity index (χ3n) is 3.77. The largest absolute Gasteiger partial charge is 0.452 e. The minimum Gasteiger partial charge on any atom is -0.452 e. The van der Waals surface area contributed by atoms with Crippen molar-refractivity contribution in [3.05, 3.63) is 69.8 Å². The first-order valence-electron chi connectivity index (χ1n) is 8.47. The number of anilines is 1. The van der Waals surface area contributed by atoms with Crippen LogP contribution in [0.25, 0.3) is 0 Å². The number of hydrogen-bond donors (Lipinski definition) is 2. The van der Waals surface area contributed by atoms with Gasteiger partial charge in [-0.05, 0) is 24.1 Å². The average Bonchev–Trinajstić information content (AvgIpc) is 2.70. The molecule has 28 heavy (non-hydrogen) atoms. The first-order valence-corrected chi connectivity index (χ1v) is 8.47. The van der Waals surface area contributed by atoms with Crippen LogP contribution in [-0.2, 0) is 20.7 Å². The SMILES string of the molecule is CCc1ccccc1NC(=O)CNC(=O)COC(=O)c1ccccc1[N+](=O)[O-]. The van der Waals surface area contributed by atoms with Crippen molar-refractivity contribution < 1.29 is 24.0 Å². The van der Waals surface area contributed by atoms with Crippen LogP contribution >= 0.6 is 0 Å². The molecule has 2 amide bonds. The molecule has 0 unspecified atom stereocenters. The van der Waals surface area contributed by atoms with Crippen molar-refractivity contribution in [2.24, 2.45) is 0 Å². The second-order valence-corrected chi connectivity index (χ2v) is 5.69. The van der Waals surface area contributed by atoms with Crippen LogP contribution in [0, 0.1) is 10.1 Å². The maximum Gasteiger partial charge on any atom is 0.345 e. The van der Waals surface area contributed by atoms with Crippen LogP contribution in [0.3, 0.4) is 0 Å². The van der Waals surface area contributed by atoms with E-state index in [1.807, 2.05) is 19.1 Å². The average molecular weight is 385 g/mol. The number of benzene rings is 2. The number of para-hydroxylation sites is 2. The summed E-state index contributed by atoms with van der Waals surface area (Å²) in [6.45, 7) is 0.988. The fourth-order valence-electron chi connectivity index (χ4n) is 2.39. The highest BCUT2D eigenvalue weighted by molar-refractivity contribution is 5.97. The smallest absolute Gasteiger partial charge is 0.345 e. The third-order valence-corrected chi connectivity index (χ3v) is 3.77. The lowest BCUT2D eigenvalue weighted by atomic mass is 10.1. The van der Waals surface area contributed by atoms with Gasteiger partial charge < -0.3 is 15.4 Å². The zero-order chi connectivity index (χ0) is 20.5. The summed E-state index contributed by atoms with van der Waals surface area (Å²) < 4.78 is 4.78. The monoisotopic (exact) mass is 385 g/mol. The van der Waals surface area contributed by atoms with Crippen LogP contribution in [-0.4, -0.2) is 35.9 Å². The van der Waals surface area contributed by atoms with E-state index in [0.29, 0.717) is 5.69 Å². The van der Waals surface area contributed by atoms with E-state index in [1.54, 1.807) is 12.1 Å². The van der Waals surface area contributed by atoms with Gasteiger partial charge in [-0.1, -0.05) is 37.3 Å². The van der Waals surface area contributed by atoms with Crippen LogP contribution in [0.2, 0.25) is 0 Å². The molecule has 0 saturated heterocycles. The van der Waals surface area contributed by atoms with E-state index in [0.717, 1.165) is 18.1 Å². The molecule has 2 N–H and O–H groups in total. The van der Waals surface area contributed by atoms with Gasteiger partial charge in [-0.15, -0.1) is 0 Å². The van der Waals surface area contributed by atoms with Crippen molar-refractivity contribution in [2.75, 3.05) is 18.5 Å². The molecule has 0 saturated carbocycles. The molecular weight excluding hydrogens is 366 g/mol. The third kappa shape index (κ3) is 5.63. The highest BCUT2D eigenvalue weighted by Crippen LogP contribution is 2.18. The summed E-state index contributed by atoms with van der Waals surface area (Å²) in [5, 5.41) is 15.9. The lowest BCUT2D eigenvalue weighted by molar-refractivity contribution is -0.385. The molecule has 0 aliphatic carbocycles. The van der Waals surface area contributed by atoms with Gasteiger partial charge >= 0.3 is 5.97 Å². The molecule has 2 rings (SSSR count). The number of ether oxygens (including phenoxy) is 1. The Balaban J connectivity index is 1.82. The Bertz CT molecular complexity index is 897. The standard InChI is InChI=1S/C19H19N3O6/c1-2-13-7-3-5-9-15(13)21-17(23)11-20-18(24)12-28-19(25)14-8-4-6-10-16(14)22(26)27/h3-10H,2,11-12H2,1H3,(H,20,24)(H,21,23). The van der Waals surface area contributed by atoms with Gasteiger partial charge in [0, 0.05) is 11.8 Å². The van der Waals surface area contributed by atoms with Crippen molar-refractivity contribution in [1.82, 2.24) is 5.32 Å². The number of nitro groups is 1. The molecule has 9 heteroatoms. The molecule has 0 fully saturated rings. The molecule has 0 radical (unpaired) electrons. The van der Waals surface area contributed by atoms with Crippen molar-refractivity contribution >= 4 is 29.2 Å². The maximum atomic E-state index is 12.0. The molecule has 0 spiro atoms. The molecule has 0 bridgehead atoms. The van der Waals surface area contributed by atoms with E-state index in [4.69, 9.17) is 4.74 Å². The van der Waals surface area contributed by atoms with Crippen molar-refractivity contribution in [3.63, 3.8) is 0 Å². The highest BCUT2D eigenvalue weighted by Gasteiger charge is 2.21. The van der Waals surface area contributed by atoms with Crippen molar-refractivity contribution in [1.29, 1.82) is 0 Å². The zero-order valence-electron chi connectivity index (χ0n) is 15.1. The second-order valence-electron chi connectivity index (χ2n) is 5.69. The number of carbonyl (C=O) groups excluding carboxylic acids is 3. The summed E-state index contributed by atoms with van der Waals surface area (Å²) in [6, 6.07) is 12.5. The molecule has 2 aromatic carbocycles. The molecule has 9 nitrogen and oxygen atoms in total. The number of esters is 1. The zero-order valence-corrected chi connectivity index (χ0v) is 15.1. The minimum absolute atomic E-state index is 0.255. The normalized spacial score (nSPS) is 10.0. The minimum atomic E-state index is -0.997.